The Balaban J connectivity index is 2.12. The minimum atomic E-state index is -0.982. The van der Waals surface area contributed by atoms with Crippen molar-refractivity contribution in [3.05, 3.63) is 36.7 Å². The van der Waals surface area contributed by atoms with Crippen molar-refractivity contribution in [3.8, 4) is 0 Å². The smallest absolute Gasteiger partial charge is 0.404 e. The molecule has 0 saturated carbocycles. The number of carboxylic acid groups (broad SMARTS) is 1. The van der Waals surface area contributed by atoms with Crippen molar-refractivity contribution >= 4 is 16.9 Å². The van der Waals surface area contributed by atoms with Crippen LogP contribution in [0.1, 0.15) is 6.92 Å². The maximum atomic E-state index is 10.5. The average Bonchev–Trinajstić information content (AvgIpc) is 2.57. The summed E-state index contributed by atoms with van der Waals surface area (Å²) in [5.74, 6) is 0. The van der Waals surface area contributed by atoms with Gasteiger partial charge in [0.05, 0.1) is 0 Å². The third-order valence-electron chi connectivity index (χ3n) is 2.46. The van der Waals surface area contributed by atoms with Crippen LogP contribution in [-0.2, 0) is 6.54 Å². The molecule has 2 N–H and O–H groups in total. The predicted octanol–water partition coefficient (Wildman–Crippen LogP) is 2.30. The highest BCUT2D eigenvalue weighted by molar-refractivity contribution is 5.82. The largest absolute Gasteiger partial charge is 0.465 e. The van der Waals surface area contributed by atoms with Crippen molar-refractivity contribution in [2.75, 3.05) is 0 Å². The summed E-state index contributed by atoms with van der Waals surface area (Å²) in [6.45, 7) is 2.49. The van der Waals surface area contributed by atoms with E-state index >= 15 is 0 Å². The highest BCUT2D eigenvalue weighted by Crippen LogP contribution is 2.14. The number of hydrogen-bond acceptors (Lipinski definition) is 1. The number of rotatable bonds is 3. The zero-order chi connectivity index (χ0) is 11.5. The molecular formula is C12H14N2O2. The SMILES string of the molecule is CC(Cn1cc2ccccc2c1)NC(=O)O. The molecule has 1 amide bonds. The minimum Gasteiger partial charge on any atom is -0.465 e. The van der Waals surface area contributed by atoms with Gasteiger partial charge in [0.2, 0.25) is 0 Å². The van der Waals surface area contributed by atoms with Crippen LogP contribution >= 0.6 is 0 Å². The van der Waals surface area contributed by atoms with Gasteiger partial charge in [0.1, 0.15) is 0 Å². The van der Waals surface area contributed by atoms with Crippen LogP contribution < -0.4 is 5.32 Å². The van der Waals surface area contributed by atoms with Crippen LogP contribution in [0, 0.1) is 0 Å². The van der Waals surface area contributed by atoms with Gasteiger partial charge in [-0.15, -0.1) is 0 Å². The molecule has 0 saturated heterocycles. The Kier molecular flexibility index (Phi) is 2.81. The number of hydrogen-bond donors (Lipinski definition) is 2. The number of carbonyl (C=O) groups is 1. The Morgan fingerprint density at radius 1 is 1.38 bits per heavy atom. The van der Waals surface area contributed by atoms with Crippen molar-refractivity contribution in [3.63, 3.8) is 0 Å². The van der Waals surface area contributed by atoms with Crippen LogP contribution in [0.4, 0.5) is 4.79 Å². The number of aromatic nitrogens is 1. The van der Waals surface area contributed by atoms with Gasteiger partial charge in [-0.05, 0) is 17.7 Å². The van der Waals surface area contributed by atoms with E-state index in [2.05, 4.69) is 5.32 Å². The topological polar surface area (TPSA) is 54.3 Å². The van der Waals surface area contributed by atoms with Gasteiger partial charge in [-0.1, -0.05) is 24.3 Å². The number of nitrogens with one attached hydrogen (secondary N) is 1. The molecule has 84 valence electrons. The molecule has 0 spiro atoms. The van der Waals surface area contributed by atoms with Crippen molar-refractivity contribution in [2.24, 2.45) is 0 Å². The average molecular weight is 218 g/mol. The van der Waals surface area contributed by atoms with Gasteiger partial charge in [-0.2, -0.15) is 0 Å². The summed E-state index contributed by atoms with van der Waals surface area (Å²) in [7, 11) is 0. The molecule has 1 aromatic carbocycles. The molecule has 4 nitrogen and oxygen atoms in total. The maximum Gasteiger partial charge on any atom is 0.404 e. The fourth-order valence-electron chi connectivity index (χ4n) is 1.82. The van der Waals surface area contributed by atoms with Crippen LogP contribution in [0.25, 0.3) is 10.8 Å². The molecule has 4 heteroatoms. The second-order valence-electron chi connectivity index (χ2n) is 3.93. The van der Waals surface area contributed by atoms with Crippen molar-refractivity contribution < 1.29 is 9.90 Å². The third kappa shape index (κ3) is 2.34. The second kappa shape index (κ2) is 4.26. The first-order chi connectivity index (χ1) is 7.65. The first-order valence-corrected chi connectivity index (χ1v) is 5.19. The van der Waals surface area contributed by atoms with Crippen molar-refractivity contribution in [2.45, 2.75) is 19.5 Å². The van der Waals surface area contributed by atoms with E-state index in [4.69, 9.17) is 5.11 Å². The Hall–Kier alpha value is -1.97. The molecule has 1 unspecified atom stereocenters. The fourth-order valence-corrected chi connectivity index (χ4v) is 1.82. The lowest BCUT2D eigenvalue weighted by Gasteiger charge is -2.11. The third-order valence-corrected chi connectivity index (χ3v) is 2.46. The summed E-state index contributed by atoms with van der Waals surface area (Å²) in [6.07, 6.45) is 3.06. The van der Waals surface area contributed by atoms with E-state index < -0.39 is 6.09 Å². The summed E-state index contributed by atoms with van der Waals surface area (Å²) < 4.78 is 2.01. The van der Waals surface area contributed by atoms with Crippen LogP contribution in [0.3, 0.4) is 0 Å². The molecule has 16 heavy (non-hydrogen) atoms. The monoisotopic (exact) mass is 218 g/mol. The van der Waals surface area contributed by atoms with E-state index in [1.807, 2.05) is 48.1 Å². The Labute approximate surface area is 93.5 Å². The van der Waals surface area contributed by atoms with E-state index in [1.54, 1.807) is 0 Å². The van der Waals surface area contributed by atoms with Gasteiger partial charge >= 0.3 is 6.09 Å². The molecule has 0 aliphatic carbocycles. The lowest BCUT2D eigenvalue weighted by atomic mass is 10.2. The zero-order valence-corrected chi connectivity index (χ0v) is 9.05. The molecular weight excluding hydrogens is 204 g/mol. The lowest BCUT2D eigenvalue weighted by Crippen LogP contribution is -2.34. The van der Waals surface area contributed by atoms with E-state index in [-0.39, 0.29) is 6.04 Å². The maximum absolute atomic E-state index is 10.5. The minimum absolute atomic E-state index is 0.0979. The zero-order valence-electron chi connectivity index (χ0n) is 9.05. The summed E-state index contributed by atoms with van der Waals surface area (Å²) in [6, 6.07) is 7.97. The van der Waals surface area contributed by atoms with Gasteiger partial charge in [-0.3, -0.25) is 0 Å². The first kappa shape index (κ1) is 10.5. The van der Waals surface area contributed by atoms with E-state index in [1.165, 1.54) is 10.8 Å². The van der Waals surface area contributed by atoms with Crippen LogP contribution in [-0.4, -0.2) is 21.8 Å². The highest BCUT2D eigenvalue weighted by atomic mass is 16.4. The molecule has 1 heterocycles. The lowest BCUT2D eigenvalue weighted by molar-refractivity contribution is 0.189. The number of nitrogens with zero attached hydrogens (tertiary/aromatic N) is 1. The van der Waals surface area contributed by atoms with Crippen LogP contribution in [0.5, 0.6) is 0 Å². The molecule has 0 aliphatic rings. The van der Waals surface area contributed by atoms with Crippen molar-refractivity contribution in [1.29, 1.82) is 0 Å². The molecule has 0 bridgehead atoms. The first-order valence-electron chi connectivity index (χ1n) is 5.19. The molecule has 0 radical (unpaired) electrons. The Bertz CT molecular complexity index is 471. The summed E-state index contributed by atoms with van der Waals surface area (Å²) >= 11 is 0. The summed E-state index contributed by atoms with van der Waals surface area (Å²) in [4.78, 5) is 10.5. The van der Waals surface area contributed by atoms with E-state index in [9.17, 15) is 4.79 Å². The van der Waals surface area contributed by atoms with Crippen molar-refractivity contribution in [1.82, 2.24) is 9.88 Å². The van der Waals surface area contributed by atoms with E-state index in [0.29, 0.717) is 6.54 Å². The Morgan fingerprint density at radius 2 is 1.94 bits per heavy atom. The van der Waals surface area contributed by atoms with Gasteiger partial charge in [0, 0.05) is 25.0 Å². The van der Waals surface area contributed by atoms with Gasteiger partial charge in [-0.25, -0.2) is 4.79 Å². The Morgan fingerprint density at radius 3 is 2.44 bits per heavy atom. The molecule has 2 aromatic rings. The molecule has 0 aliphatic heterocycles. The normalized spacial score (nSPS) is 12.6. The molecule has 1 atom stereocenters. The quantitative estimate of drug-likeness (QED) is 0.830. The molecule has 2 rings (SSSR count). The van der Waals surface area contributed by atoms with Gasteiger partial charge < -0.3 is 15.0 Å². The van der Waals surface area contributed by atoms with E-state index in [0.717, 1.165) is 0 Å². The van der Waals surface area contributed by atoms with Gasteiger partial charge in [0.15, 0.2) is 0 Å². The van der Waals surface area contributed by atoms with Crippen LogP contribution in [0.15, 0.2) is 36.7 Å². The predicted molar refractivity (Wildman–Crippen MR) is 62.6 cm³/mol. The molecule has 0 fully saturated rings. The summed E-state index contributed by atoms with van der Waals surface area (Å²) in [5.41, 5.74) is 0. The fraction of sp³-hybridized carbons (Fsp3) is 0.250. The second-order valence-corrected chi connectivity index (χ2v) is 3.93. The highest BCUT2D eigenvalue weighted by Gasteiger charge is 2.06. The molecule has 1 aromatic heterocycles. The number of amides is 1. The number of benzene rings is 1. The van der Waals surface area contributed by atoms with Crippen LogP contribution in [0.2, 0.25) is 0 Å². The standard InChI is InChI=1S/C12H14N2O2/c1-9(13-12(15)16)6-14-7-10-4-2-3-5-11(10)8-14/h2-5,7-9,13H,6H2,1H3,(H,15,16). The number of fused-ring (bicyclic) bond motifs is 1. The van der Waals surface area contributed by atoms with Gasteiger partial charge in [0.25, 0.3) is 0 Å². The summed E-state index contributed by atoms with van der Waals surface area (Å²) in [5, 5.41) is 13.4.